The second kappa shape index (κ2) is 5.35. The predicted octanol–water partition coefficient (Wildman–Crippen LogP) is 1.79. The van der Waals surface area contributed by atoms with Gasteiger partial charge < -0.3 is 9.64 Å². The molecule has 0 unspecified atom stereocenters. The van der Waals surface area contributed by atoms with Crippen molar-refractivity contribution in [2.75, 3.05) is 14.2 Å². The molecule has 0 heterocycles. The number of hydrogen-bond acceptors (Lipinski definition) is 3. The Morgan fingerprint density at radius 2 is 1.94 bits per heavy atom. The van der Waals surface area contributed by atoms with Crippen LogP contribution in [0.3, 0.4) is 0 Å². The molecule has 1 aromatic carbocycles. The SMILES string of the molecule is COc1c(C)cc(CN(C)C(=O)C#N)cc1C. The fourth-order valence-electron chi connectivity index (χ4n) is 1.88. The first kappa shape index (κ1) is 13.0. The van der Waals surface area contributed by atoms with Gasteiger partial charge in [0.1, 0.15) is 5.75 Å². The van der Waals surface area contributed by atoms with Crippen LogP contribution in [0.15, 0.2) is 12.1 Å². The van der Waals surface area contributed by atoms with Crippen molar-refractivity contribution in [2.45, 2.75) is 20.4 Å². The van der Waals surface area contributed by atoms with Crippen molar-refractivity contribution >= 4 is 5.91 Å². The first-order valence-electron chi connectivity index (χ1n) is 5.29. The smallest absolute Gasteiger partial charge is 0.325 e. The van der Waals surface area contributed by atoms with Crippen molar-refractivity contribution in [3.63, 3.8) is 0 Å². The molecule has 4 heteroatoms. The minimum absolute atomic E-state index is 0.429. The van der Waals surface area contributed by atoms with Crippen LogP contribution in [0.2, 0.25) is 0 Å². The maximum atomic E-state index is 11.1. The van der Waals surface area contributed by atoms with Gasteiger partial charge in [-0.3, -0.25) is 4.79 Å². The lowest BCUT2D eigenvalue weighted by Crippen LogP contribution is -2.24. The van der Waals surface area contributed by atoms with Crippen molar-refractivity contribution in [1.82, 2.24) is 4.90 Å². The van der Waals surface area contributed by atoms with E-state index >= 15 is 0 Å². The standard InChI is InChI=1S/C13H16N2O2/c1-9-5-11(6-10(2)13(9)17-4)8-15(3)12(16)7-14/h5-6H,8H2,1-4H3. The molecule has 0 atom stereocenters. The average molecular weight is 232 g/mol. The zero-order chi connectivity index (χ0) is 13.0. The van der Waals surface area contributed by atoms with Gasteiger partial charge in [-0.1, -0.05) is 12.1 Å². The molecule has 0 N–H and O–H groups in total. The van der Waals surface area contributed by atoms with Crippen LogP contribution in [0.4, 0.5) is 0 Å². The third kappa shape index (κ3) is 2.97. The lowest BCUT2D eigenvalue weighted by Gasteiger charge is -2.16. The summed E-state index contributed by atoms with van der Waals surface area (Å²) >= 11 is 0. The molecular formula is C13H16N2O2. The van der Waals surface area contributed by atoms with Crippen LogP contribution in [0, 0.1) is 25.2 Å². The van der Waals surface area contributed by atoms with Crippen LogP contribution in [-0.4, -0.2) is 25.0 Å². The Morgan fingerprint density at radius 1 is 1.41 bits per heavy atom. The van der Waals surface area contributed by atoms with Gasteiger partial charge in [0.25, 0.3) is 0 Å². The first-order chi connectivity index (χ1) is 7.99. The van der Waals surface area contributed by atoms with Gasteiger partial charge in [0, 0.05) is 13.6 Å². The molecule has 0 saturated carbocycles. The molecule has 0 aliphatic rings. The third-order valence-electron chi connectivity index (χ3n) is 2.59. The molecule has 0 fully saturated rings. The van der Waals surface area contributed by atoms with Crippen molar-refractivity contribution in [3.05, 3.63) is 28.8 Å². The number of carbonyl (C=O) groups excluding carboxylic acids is 1. The van der Waals surface area contributed by atoms with Gasteiger partial charge in [-0.2, -0.15) is 5.26 Å². The number of benzene rings is 1. The van der Waals surface area contributed by atoms with E-state index in [2.05, 4.69) is 0 Å². The van der Waals surface area contributed by atoms with E-state index in [0.717, 1.165) is 22.4 Å². The number of rotatable bonds is 3. The zero-order valence-electron chi connectivity index (χ0n) is 10.6. The fourth-order valence-corrected chi connectivity index (χ4v) is 1.88. The Hall–Kier alpha value is -2.02. The molecule has 17 heavy (non-hydrogen) atoms. The number of carbonyl (C=O) groups is 1. The van der Waals surface area contributed by atoms with Crippen molar-refractivity contribution in [3.8, 4) is 11.8 Å². The van der Waals surface area contributed by atoms with Crippen molar-refractivity contribution in [2.24, 2.45) is 0 Å². The van der Waals surface area contributed by atoms with Gasteiger partial charge in [-0.25, -0.2) is 0 Å². The highest BCUT2D eigenvalue weighted by molar-refractivity contribution is 5.90. The van der Waals surface area contributed by atoms with Crippen LogP contribution < -0.4 is 4.74 Å². The van der Waals surface area contributed by atoms with Gasteiger partial charge in [0.15, 0.2) is 6.07 Å². The molecule has 0 saturated heterocycles. The van der Waals surface area contributed by atoms with E-state index in [1.807, 2.05) is 26.0 Å². The molecule has 90 valence electrons. The van der Waals surface area contributed by atoms with E-state index in [4.69, 9.17) is 10.00 Å². The van der Waals surface area contributed by atoms with E-state index in [1.165, 1.54) is 4.90 Å². The quantitative estimate of drug-likeness (QED) is 0.747. The Kier molecular flexibility index (Phi) is 4.11. The number of nitriles is 1. The number of ether oxygens (including phenoxy) is 1. The van der Waals surface area contributed by atoms with Gasteiger partial charge in [0.05, 0.1) is 7.11 Å². The minimum Gasteiger partial charge on any atom is -0.496 e. The zero-order valence-corrected chi connectivity index (χ0v) is 10.6. The molecule has 0 aliphatic carbocycles. The van der Waals surface area contributed by atoms with Gasteiger partial charge in [0.2, 0.25) is 0 Å². The molecule has 0 spiro atoms. The van der Waals surface area contributed by atoms with Gasteiger partial charge in [-0.05, 0) is 30.5 Å². The summed E-state index contributed by atoms with van der Waals surface area (Å²) in [6.07, 6.45) is 0. The summed E-state index contributed by atoms with van der Waals surface area (Å²) in [7, 11) is 3.25. The highest BCUT2D eigenvalue weighted by Crippen LogP contribution is 2.24. The normalized spacial score (nSPS) is 9.59. The summed E-state index contributed by atoms with van der Waals surface area (Å²) < 4.78 is 5.27. The summed E-state index contributed by atoms with van der Waals surface area (Å²) in [6.45, 7) is 4.35. The Morgan fingerprint density at radius 3 is 2.35 bits per heavy atom. The van der Waals surface area contributed by atoms with E-state index in [0.29, 0.717) is 6.54 Å². The molecule has 1 aromatic rings. The van der Waals surface area contributed by atoms with Gasteiger partial charge >= 0.3 is 5.91 Å². The molecule has 0 aliphatic heterocycles. The molecule has 1 amide bonds. The summed E-state index contributed by atoms with van der Waals surface area (Å²) in [6, 6.07) is 5.53. The molecule has 1 rings (SSSR count). The van der Waals surface area contributed by atoms with E-state index in [9.17, 15) is 4.79 Å². The summed E-state index contributed by atoms with van der Waals surface area (Å²) in [5.74, 6) is 0.333. The van der Waals surface area contributed by atoms with Crippen LogP contribution in [-0.2, 0) is 11.3 Å². The number of aryl methyl sites for hydroxylation is 2. The Bertz CT molecular complexity index is 452. The second-order valence-corrected chi connectivity index (χ2v) is 4.04. The lowest BCUT2D eigenvalue weighted by molar-refractivity contribution is -0.124. The van der Waals surface area contributed by atoms with Crippen LogP contribution >= 0.6 is 0 Å². The number of amides is 1. The predicted molar refractivity (Wildman–Crippen MR) is 64.6 cm³/mol. The first-order valence-corrected chi connectivity index (χ1v) is 5.29. The highest BCUT2D eigenvalue weighted by Gasteiger charge is 2.10. The molecule has 0 bridgehead atoms. The largest absolute Gasteiger partial charge is 0.496 e. The third-order valence-corrected chi connectivity index (χ3v) is 2.59. The van der Waals surface area contributed by atoms with Crippen molar-refractivity contribution in [1.29, 1.82) is 5.26 Å². The number of hydrogen-bond donors (Lipinski definition) is 0. The summed E-state index contributed by atoms with van der Waals surface area (Å²) in [5.41, 5.74) is 3.05. The maximum Gasteiger partial charge on any atom is 0.325 e. The van der Waals surface area contributed by atoms with Crippen LogP contribution in [0.5, 0.6) is 5.75 Å². The molecular weight excluding hydrogens is 216 g/mol. The second-order valence-electron chi connectivity index (χ2n) is 4.04. The van der Waals surface area contributed by atoms with Gasteiger partial charge in [-0.15, -0.1) is 0 Å². The molecule has 0 aromatic heterocycles. The number of methoxy groups -OCH3 is 1. The average Bonchev–Trinajstić information content (AvgIpc) is 2.27. The topological polar surface area (TPSA) is 53.3 Å². The summed E-state index contributed by atoms with van der Waals surface area (Å²) in [5, 5.41) is 8.51. The van der Waals surface area contributed by atoms with Crippen LogP contribution in [0.25, 0.3) is 0 Å². The van der Waals surface area contributed by atoms with Crippen molar-refractivity contribution < 1.29 is 9.53 Å². The minimum atomic E-state index is -0.531. The fraction of sp³-hybridized carbons (Fsp3) is 0.385. The molecule has 0 radical (unpaired) electrons. The maximum absolute atomic E-state index is 11.1. The van der Waals surface area contributed by atoms with E-state index in [-0.39, 0.29) is 0 Å². The van der Waals surface area contributed by atoms with E-state index < -0.39 is 5.91 Å². The number of nitrogens with zero attached hydrogens (tertiary/aromatic N) is 2. The highest BCUT2D eigenvalue weighted by atomic mass is 16.5. The Labute approximate surface area is 101 Å². The van der Waals surface area contributed by atoms with E-state index in [1.54, 1.807) is 20.2 Å². The molecule has 4 nitrogen and oxygen atoms in total. The monoisotopic (exact) mass is 232 g/mol. The Balaban J connectivity index is 2.95. The summed E-state index contributed by atoms with van der Waals surface area (Å²) in [4.78, 5) is 12.5. The van der Waals surface area contributed by atoms with Crippen LogP contribution in [0.1, 0.15) is 16.7 Å². The lowest BCUT2D eigenvalue weighted by atomic mass is 10.1.